The van der Waals surface area contributed by atoms with E-state index < -0.39 is 0 Å². The summed E-state index contributed by atoms with van der Waals surface area (Å²) in [6, 6.07) is 8.31. The Kier molecular flexibility index (Phi) is 7.63. The van der Waals surface area contributed by atoms with Crippen LogP contribution in [-0.2, 0) is 21.2 Å². The van der Waals surface area contributed by atoms with Gasteiger partial charge >= 0.3 is 0 Å². The predicted octanol–water partition coefficient (Wildman–Crippen LogP) is 6.83. The van der Waals surface area contributed by atoms with Crippen LogP contribution in [0.5, 0.6) is 0 Å². The number of carbonyl (C=O) groups is 1. The molecule has 3 aromatic rings. The van der Waals surface area contributed by atoms with Gasteiger partial charge in [0.25, 0.3) is 0 Å². The first kappa shape index (κ1) is 26.1. The summed E-state index contributed by atoms with van der Waals surface area (Å²) in [6.45, 7) is 15.4. The molecule has 0 bridgehead atoms. The van der Waals surface area contributed by atoms with Crippen molar-refractivity contribution in [3.63, 3.8) is 0 Å². The Bertz CT molecular complexity index is 1240. The molecule has 4 rings (SSSR count). The van der Waals surface area contributed by atoms with Crippen molar-refractivity contribution in [3.05, 3.63) is 62.8 Å². The van der Waals surface area contributed by atoms with E-state index in [0.717, 1.165) is 42.8 Å². The number of halogens is 1. The molecule has 2 heterocycles. The maximum absolute atomic E-state index is 11.6. The van der Waals surface area contributed by atoms with E-state index in [1.54, 1.807) is 0 Å². The molecular weight excluding hydrogens is 472 g/mol. The van der Waals surface area contributed by atoms with Crippen LogP contribution in [0.1, 0.15) is 79.6 Å². The summed E-state index contributed by atoms with van der Waals surface area (Å²) in [5.74, 6) is 0. The molecule has 1 unspecified atom stereocenters. The van der Waals surface area contributed by atoms with Crippen LogP contribution in [0.2, 0.25) is 5.02 Å². The molecule has 1 atom stereocenters. The Balaban J connectivity index is 2.21. The van der Waals surface area contributed by atoms with E-state index in [9.17, 15) is 4.79 Å². The smallest absolute Gasteiger partial charge is 0.246 e. The molecule has 1 aromatic heterocycles. The molecule has 1 fully saturated rings. The maximum Gasteiger partial charge on any atom is 0.246 e. The average Bonchev–Trinajstić information content (AvgIpc) is 3.09. The maximum atomic E-state index is 11.6. The van der Waals surface area contributed by atoms with Crippen LogP contribution < -0.4 is 0 Å². The summed E-state index contributed by atoms with van der Waals surface area (Å²) in [5, 5.41) is 2.00. The number of piperidine rings is 1. The van der Waals surface area contributed by atoms with Crippen LogP contribution in [0.3, 0.4) is 0 Å². The van der Waals surface area contributed by atoms with Crippen LogP contribution in [0.25, 0.3) is 16.6 Å². The number of fused-ring (bicyclic) bond motifs is 1. The molecule has 2 aromatic carbocycles. The normalized spacial score (nSPS) is 17.3. The third-order valence-electron chi connectivity index (χ3n) is 7.69. The molecule has 0 amide bonds. The lowest BCUT2D eigenvalue weighted by atomic mass is 9.78. The van der Waals surface area contributed by atoms with Gasteiger partial charge in [0.2, 0.25) is 10.5 Å². The minimum atomic E-state index is -0.0677. The predicted molar refractivity (Wildman–Crippen MR) is 146 cm³/mol. The fourth-order valence-electron chi connectivity index (χ4n) is 6.15. The van der Waals surface area contributed by atoms with E-state index in [1.165, 1.54) is 44.4 Å². The number of benzene rings is 2. The first-order valence-corrected chi connectivity index (χ1v) is 13.3. The molecule has 1 aliphatic rings. The highest BCUT2D eigenvalue weighted by Gasteiger charge is 2.34. The van der Waals surface area contributed by atoms with Gasteiger partial charge < -0.3 is 13.8 Å². The van der Waals surface area contributed by atoms with Gasteiger partial charge in [-0.3, -0.25) is 4.90 Å². The van der Waals surface area contributed by atoms with Gasteiger partial charge in [-0.15, -0.1) is 0 Å². The molecule has 3 radical (unpaired) electrons. The quantitative estimate of drug-likeness (QED) is 0.271. The van der Waals surface area contributed by atoms with Crippen molar-refractivity contribution in [2.75, 3.05) is 13.1 Å². The molecule has 0 saturated carbocycles. The first-order valence-electron chi connectivity index (χ1n) is 12.5. The Labute approximate surface area is 218 Å². The van der Waals surface area contributed by atoms with E-state index in [0.29, 0.717) is 13.2 Å². The lowest BCUT2D eigenvalue weighted by Gasteiger charge is -2.35. The second-order valence-corrected chi connectivity index (χ2v) is 11.6. The Morgan fingerprint density at radius 1 is 1.11 bits per heavy atom. The van der Waals surface area contributed by atoms with Gasteiger partial charge in [0.1, 0.15) is 6.29 Å². The molecular formula is C29H36ClN2O2Si. The van der Waals surface area contributed by atoms with Crippen molar-refractivity contribution in [1.29, 1.82) is 0 Å². The third kappa shape index (κ3) is 4.64. The molecule has 0 aliphatic carbocycles. The number of likely N-dealkylation sites (tertiary alicyclic amines) is 1. The molecule has 0 N–H and O–H groups in total. The Hall–Kier alpha value is -1.92. The second-order valence-electron chi connectivity index (χ2n) is 10.8. The lowest BCUT2D eigenvalue weighted by molar-refractivity contribution is -0.109. The van der Waals surface area contributed by atoms with Gasteiger partial charge in [0, 0.05) is 27.8 Å². The summed E-state index contributed by atoms with van der Waals surface area (Å²) in [6.07, 6.45) is 4.38. The standard InChI is InChI=1S/C29H36ClN2O2Si/c1-18-19(2)27(29(4,5)6)28-26(23(18)17-34-35)25(24-9-7-8-14-31(24)15-16-33)20(3)32(28)22-12-10-21(30)11-13-22/h10-13,16,24H,7-9,14-15,17H2,1-6H3. The van der Waals surface area contributed by atoms with Crippen LogP contribution in [0.4, 0.5) is 0 Å². The number of aromatic nitrogens is 1. The highest BCUT2D eigenvalue weighted by molar-refractivity contribution is 6.30. The number of hydrogen-bond donors (Lipinski definition) is 0. The molecule has 185 valence electrons. The molecule has 0 spiro atoms. The highest BCUT2D eigenvalue weighted by Crippen LogP contribution is 2.47. The second kappa shape index (κ2) is 10.2. The number of hydrogen-bond acceptors (Lipinski definition) is 3. The van der Waals surface area contributed by atoms with E-state index in [1.807, 2.05) is 12.1 Å². The molecule has 6 heteroatoms. The third-order valence-corrected chi connectivity index (χ3v) is 8.09. The van der Waals surface area contributed by atoms with Crippen molar-refractivity contribution in [2.24, 2.45) is 0 Å². The largest absolute Gasteiger partial charge is 0.414 e. The van der Waals surface area contributed by atoms with Crippen LogP contribution in [0, 0.1) is 20.8 Å². The van der Waals surface area contributed by atoms with E-state index in [-0.39, 0.29) is 11.5 Å². The Morgan fingerprint density at radius 2 is 1.80 bits per heavy atom. The van der Waals surface area contributed by atoms with Crippen molar-refractivity contribution in [1.82, 2.24) is 9.47 Å². The number of carbonyl (C=O) groups excluding carboxylic acids is 1. The summed E-state index contributed by atoms with van der Waals surface area (Å²) in [7, 11) is 3.30. The minimum Gasteiger partial charge on any atom is -0.414 e. The number of nitrogens with zero attached hydrogens (tertiary/aromatic N) is 2. The fraction of sp³-hybridized carbons (Fsp3) is 0.483. The minimum absolute atomic E-state index is 0.0677. The van der Waals surface area contributed by atoms with E-state index in [4.69, 9.17) is 16.0 Å². The van der Waals surface area contributed by atoms with Crippen LogP contribution >= 0.6 is 11.6 Å². The van der Waals surface area contributed by atoms with Crippen LogP contribution in [0.15, 0.2) is 24.3 Å². The van der Waals surface area contributed by atoms with Crippen molar-refractivity contribution >= 4 is 39.3 Å². The first-order chi connectivity index (χ1) is 16.6. The van der Waals surface area contributed by atoms with Crippen molar-refractivity contribution in [3.8, 4) is 5.69 Å². The number of rotatable bonds is 6. The average molecular weight is 508 g/mol. The number of aldehydes is 1. The van der Waals surface area contributed by atoms with E-state index >= 15 is 0 Å². The zero-order chi connectivity index (χ0) is 25.5. The van der Waals surface area contributed by atoms with E-state index in [2.05, 4.69) is 73.6 Å². The van der Waals surface area contributed by atoms with Gasteiger partial charge in [-0.2, -0.15) is 0 Å². The van der Waals surface area contributed by atoms with Crippen molar-refractivity contribution in [2.45, 2.75) is 78.9 Å². The molecule has 4 nitrogen and oxygen atoms in total. The molecule has 1 saturated heterocycles. The topological polar surface area (TPSA) is 34.5 Å². The molecule has 35 heavy (non-hydrogen) atoms. The summed E-state index contributed by atoms with van der Waals surface area (Å²) >= 11 is 6.28. The zero-order valence-corrected chi connectivity index (χ0v) is 23.6. The van der Waals surface area contributed by atoms with Gasteiger partial charge in [-0.1, -0.05) is 38.8 Å². The van der Waals surface area contributed by atoms with Gasteiger partial charge in [-0.25, -0.2) is 0 Å². The SMILES string of the molecule is Cc1c(C)c(C(C)(C)C)c2c(c1CO[Si])c(C1CCCCN1CC=O)c(C)n2-c1ccc(Cl)cc1. The lowest BCUT2D eigenvalue weighted by Crippen LogP contribution is -2.35. The van der Waals surface area contributed by atoms with Crippen LogP contribution in [-0.4, -0.2) is 39.3 Å². The highest BCUT2D eigenvalue weighted by atomic mass is 35.5. The zero-order valence-electron chi connectivity index (χ0n) is 21.8. The molecule has 1 aliphatic heterocycles. The van der Waals surface area contributed by atoms with Gasteiger partial charge in [0.15, 0.2) is 0 Å². The monoisotopic (exact) mass is 507 g/mol. The Morgan fingerprint density at radius 3 is 2.40 bits per heavy atom. The van der Waals surface area contributed by atoms with Gasteiger partial charge in [-0.05, 0) is 97.7 Å². The van der Waals surface area contributed by atoms with Crippen molar-refractivity contribution < 1.29 is 9.22 Å². The fourth-order valence-corrected chi connectivity index (χ4v) is 6.42. The summed E-state index contributed by atoms with van der Waals surface area (Å²) in [5.41, 5.74) is 9.95. The van der Waals surface area contributed by atoms with Gasteiger partial charge in [0.05, 0.1) is 18.7 Å². The summed E-state index contributed by atoms with van der Waals surface area (Å²) < 4.78 is 8.01. The summed E-state index contributed by atoms with van der Waals surface area (Å²) in [4.78, 5) is 14.0.